The first-order valence-electron chi connectivity index (χ1n) is 3.68. The normalized spacial score (nSPS) is 9.92. The van der Waals surface area contributed by atoms with E-state index < -0.39 is 0 Å². The molecular formula is C9H10BrNO. The lowest BCUT2D eigenvalue weighted by Gasteiger charge is -2.01. The lowest BCUT2D eigenvalue weighted by Crippen LogP contribution is -2.06. The van der Waals surface area contributed by atoms with Crippen molar-refractivity contribution in [2.24, 2.45) is 0 Å². The van der Waals surface area contributed by atoms with E-state index in [4.69, 9.17) is 0 Å². The highest BCUT2D eigenvalue weighted by molar-refractivity contribution is 9.09. The minimum absolute atomic E-state index is 0.0381. The van der Waals surface area contributed by atoms with Crippen molar-refractivity contribution in [1.29, 1.82) is 0 Å². The Morgan fingerprint density at radius 1 is 1.50 bits per heavy atom. The maximum atomic E-state index is 11.3. The number of pyridine rings is 1. The fraction of sp³-hybridized carbons (Fsp3) is 0.333. The summed E-state index contributed by atoms with van der Waals surface area (Å²) in [6, 6.07) is 3.82. The van der Waals surface area contributed by atoms with Gasteiger partial charge in [0.25, 0.3) is 0 Å². The molecular weight excluding hydrogens is 218 g/mol. The second-order valence-corrected chi connectivity index (χ2v) is 3.24. The first kappa shape index (κ1) is 9.39. The molecule has 0 spiro atoms. The number of ketones is 1. The first-order valence-corrected chi connectivity index (χ1v) is 4.80. The van der Waals surface area contributed by atoms with Crippen LogP contribution in [-0.4, -0.2) is 16.1 Å². The fourth-order valence-electron chi connectivity index (χ4n) is 0.972. The number of aromatic nitrogens is 1. The third kappa shape index (κ3) is 1.91. The summed E-state index contributed by atoms with van der Waals surface area (Å²) in [5.41, 5.74) is 2.39. The molecule has 0 saturated carbocycles. The molecule has 0 fully saturated rings. The highest BCUT2D eigenvalue weighted by atomic mass is 79.9. The zero-order valence-corrected chi connectivity index (χ0v) is 8.68. The van der Waals surface area contributed by atoms with Gasteiger partial charge in [0.05, 0.1) is 5.33 Å². The molecule has 64 valence electrons. The van der Waals surface area contributed by atoms with Gasteiger partial charge in [0, 0.05) is 5.69 Å². The maximum absolute atomic E-state index is 11.3. The zero-order chi connectivity index (χ0) is 9.14. The Balaban J connectivity index is 3.13. The molecule has 0 amide bonds. The van der Waals surface area contributed by atoms with Crippen LogP contribution in [0.4, 0.5) is 0 Å². The van der Waals surface area contributed by atoms with Crippen molar-refractivity contribution < 1.29 is 4.79 Å². The van der Waals surface area contributed by atoms with Gasteiger partial charge in [-0.2, -0.15) is 0 Å². The van der Waals surface area contributed by atoms with Crippen molar-refractivity contribution >= 4 is 21.7 Å². The number of hydrogen-bond acceptors (Lipinski definition) is 2. The van der Waals surface area contributed by atoms with Crippen LogP contribution in [0.3, 0.4) is 0 Å². The molecule has 0 unspecified atom stereocenters. The van der Waals surface area contributed by atoms with E-state index in [1.54, 1.807) is 0 Å². The molecule has 1 rings (SSSR count). The molecule has 1 heterocycles. The number of nitrogens with zero attached hydrogens (tertiary/aromatic N) is 1. The molecule has 0 atom stereocenters. The van der Waals surface area contributed by atoms with E-state index >= 15 is 0 Å². The van der Waals surface area contributed by atoms with Gasteiger partial charge >= 0.3 is 0 Å². The molecule has 0 aromatic carbocycles. The highest BCUT2D eigenvalue weighted by Crippen LogP contribution is 2.07. The second kappa shape index (κ2) is 3.81. The molecule has 1 aromatic heterocycles. The van der Waals surface area contributed by atoms with Crippen molar-refractivity contribution in [3.63, 3.8) is 0 Å². The third-order valence-electron chi connectivity index (χ3n) is 1.62. The number of rotatable bonds is 2. The summed E-state index contributed by atoms with van der Waals surface area (Å²) in [6.45, 7) is 3.77. The van der Waals surface area contributed by atoms with Crippen molar-refractivity contribution in [2.75, 3.05) is 5.33 Å². The molecule has 0 aliphatic heterocycles. The molecule has 0 bridgehead atoms. The van der Waals surface area contributed by atoms with E-state index in [-0.39, 0.29) is 5.78 Å². The van der Waals surface area contributed by atoms with Crippen LogP contribution >= 0.6 is 15.9 Å². The molecule has 2 nitrogen and oxygen atoms in total. The largest absolute Gasteiger partial charge is 0.291 e. The van der Waals surface area contributed by atoms with Gasteiger partial charge < -0.3 is 0 Å². The number of halogens is 1. The molecule has 0 aliphatic carbocycles. The summed E-state index contributed by atoms with van der Waals surface area (Å²) >= 11 is 3.12. The van der Waals surface area contributed by atoms with Crippen molar-refractivity contribution in [3.05, 3.63) is 29.1 Å². The Kier molecular flexibility index (Phi) is 2.98. The summed E-state index contributed by atoms with van der Waals surface area (Å²) in [5.74, 6) is 0.0381. The van der Waals surface area contributed by atoms with Gasteiger partial charge in [-0.3, -0.25) is 4.79 Å². The molecule has 0 radical (unpaired) electrons. The molecule has 0 saturated heterocycles. The van der Waals surface area contributed by atoms with Gasteiger partial charge in [-0.1, -0.05) is 22.0 Å². The maximum Gasteiger partial charge on any atom is 0.191 e. The van der Waals surface area contributed by atoms with E-state index in [2.05, 4.69) is 20.9 Å². The summed E-state index contributed by atoms with van der Waals surface area (Å²) in [5, 5.41) is 0.338. The van der Waals surface area contributed by atoms with Crippen molar-refractivity contribution in [1.82, 2.24) is 4.98 Å². The van der Waals surface area contributed by atoms with Crippen LogP contribution in [0.1, 0.15) is 21.7 Å². The van der Waals surface area contributed by atoms with Crippen LogP contribution < -0.4 is 0 Å². The highest BCUT2D eigenvalue weighted by Gasteiger charge is 2.08. The fourth-order valence-corrected chi connectivity index (χ4v) is 1.24. The van der Waals surface area contributed by atoms with Crippen LogP contribution in [0.25, 0.3) is 0 Å². The smallest absolute Gasteiger partial charge is 0.191 e. The molecule has 12 heavy (non-hydrogen) atoms. The predicted octanol–water partition coefficient (Wildman–Crippen LogP) is 2.28. The van der Waals surface area contributed by atoms with E-state index in [0.717, 1.165) is 11.3 Å². The number of hydrogen-bond donors (Lipinski definition) is 0. The van der Waals surface area contributed by atoms with E-state index in [1.807, 2.05) is 26.0 Å². The lowest BCUT2D eigenvalue weighted by atomic mass is 10.1. The van der Waals surface area contributed by atoms with E-state index in [9.17, 15) is 4.79 Å². The predicted molar refractivity (Wildman–Crippen MR) is 51.8 cm³/mol. The van der Waals surface area contributed by atoms with Gasteiger partial charge in [-0.05, 0) is 25.5 Å². The Morgan fingerprint density at radius 3 is 2.75 bits per heavy atom. The van der Waals surface area contributed by atoms with Gasteiger partial charge in [-0.15, -0.1) is 0 Å². The van der Waals surface area contributed by atoms with Crippen molar-refractivity contribution in [3.8, 4) is 0 Å². The minimum atomic E-state index is 0.0381. The van der Waals surface area contributed by atoms with Crippen LogP contribution in [0, 0.1) is 13.8 Å². The molecule has 3 heteroatoms. The number of aryl methyl sites for hydroxylation is 2. The number of Topliss-reactive ketones (excluding diaryl/α,β-unsaturated/α-hetero) is 1. The topological polar surface area (TPSA) is 30.0 Å². The minimum Gasteiger partial charge on any atom is -0.291 e. The standard InChI is InChI=1S/C9H10BrNO/c1-6-3-4-7(2)11-9(6)8(12)5-10/h3-4H,5H2,1-2H3. The average Bonchev–Trinajstić information content (AvgIpc) is 2.08. The van der Waals surface area contributed by atoms with Crippen LogP contribution in [0.5, 0.6) is 0 Å². The van der Waals surface area contributed by atoms with Crippen molar-refractivity contribution in [2.45, 2.75) is 13.8 Å². The van der Waals surface area contributed by atoms with Gasteiger partial charge in [-0.25, -0.2) is 4.98 Å². The monoisotopic (exact) mass is 227 g/mol. The Labute approximate surface area is 80.1 Å². The summed E-state index contributed by atoms with van der Waals surface area (Å²) in [7, 11) is 0. The van der Waals surface area contributed by atoms with Gasteiger partial charge in [0.15, 0.2) is 5.78 Å². The average molecular weight is 228 g/mol. The number of carbonyl (C=O) groups is 1. The Bertz CT molecular complexity index is 309. The second-order valence-electron chi connectivity index (χ2n) is 2.67. The van der Waals surface area contributed by atoms with Crippen LogP contribution in [0.15, 0.2) is 12.1 Å². The molecule has 0 aliphatic rings. The van der Waals surface area contributed by atoms with E-state index in [1.165, 1.54) is 0 Å². The zero-order valence-electron chi connectivity index (χ0n) is 7.10. The first-order chi connectivity index (χ1) is 5.65. The molecule has 0 N–H and O–H groups in total. The summed E-state index contributed by atoms with van der Waals surface area (Å²) in [6.07, 6.45) is 0. The van der Waals surface area contributed by atoms with Crippen LogP contribution in [0.2, 0.25) is 0 Å². The SMILES string of the molecule is Cc1ccc(C)c(C(=O)CBr)n1. The number of alkyl halides is 1. The van der Waals surface area contributed by atoms with Crippen LogP contribution in [-0.2, 0) is 0 Å². The Morgan fingerprint density at radius 2 is 2.17 bits per heavy atom. The van der Waals surface area contributed by atoms with Gasteiger partial charge in [0.1, 0.15) is 5.69 Å². The lowest BCUT2D eigenvalue weighted by molar-refractivity contribution is 0.101. The number of carbonyl (C=O) groups excluding carboxylic acids is 1. The third-order valence-corrected chi connectivity index (χ3v) is 2.13. The summed E-state index contributed by atoms with van der Waals surface area (Å²) < 4.78 is 0. The quantitative estimate of drug-likeness (QED) is 0.574. The van der Waals surface area contributed by atoms with E-state index in [0.29, 0.717) is 11.0 Å². The Hall–Kier alpha value is -0.700. The van der Waals surface area contributed by atoms with Gasteiger partial charge in [0.2, 0.25) is 0 Å². The molecule has 1 aromatic rings. The summed E-state index contributed by atoms with van der Waals surface area (Å²) in [4.78, 5) is 15.4.